The van der Waals surface area contributed by atoms with Crippen molar-refractivity contribution in [1.29, 1.82) is 0 Å². The van der Waals surface area contributed by atoms with Gasteiger partial charge in [-0.2, -0.15) is 22.2 Å². The number of hydrogen-bond donors (Lipinski definition) is 2. The zero-order valence-corrected chi connectivity index (χ0v) is 88.6. The summed E-state index contributed by atoms with van der Waals surface area (Å²) in [6.45, 7) is 53.0. The fourth-order valence-corrected chi connectivity index (χ4v) is 0. The molecule has 0 aliphatic heterocycles. The van der Waals surface area contributed by atoms with E-state index in [1.165, 1.54) is 0 Å². The fraction of sp³-hybridized carbons (Fsp3) is 0.877. The van der Waals surface area contributed by atoms with Crippen molar-refractivity contribution < 1.29 is 177 Å². The maximum absolute atomic E-state index is 10.2. The molecule has 0 saturated carbocycles. The van der Waals surface area contributed by atoms with Crippen molar-refractivity contribution in [2.24, 2.45) is 9.98 Å². The summed E-state index contributed by atoms with van der Waals surface area (Å²) >= 11 is 6.69. The van der Waals surface area contributed by atoms with Gasteiger partial charge in [-0.3, -0.25) is 28.8 Å². The zero-order valence-electron chi connectivity index (χ0n) is 67.8. The normalized spacial score (nSPS) is 8.79. The van der Waals surface area contributed by atoms with Gasteiger partial charge in [0.05, 0.1) is 7.14 Å². The van der Waals surface area contributed by atoms with Crippen LogP contribution in [0.5, 0.6) is 0 Å². The molecule has 0 atom stereocenters. The van der Waals surface area contributed by atoms with Crippen LogP contribution < -0.4 is 0 Å². The van der Waals surface area contributed by atoms with E-state index in [0.717, 1.165) is 52.5 Å². The summed E-state index contributed by atoms with van der Waals surface area (Å²) in [4.78, 5) is 11.6. The minimum absolute atomic E-state index is 0. The number of hydrogen-bond acceptors (Lipinski definition) is 14. The van der Waals surface area contributed by atoms with Crippen LogP contribution in [0.1, 0.15) is 55.9 Å². The van der Waals surface area contributed by atoms with Gasteiger partial charge < -0.3 is 33.3 Å². The average molecular weight is 1800 g/mol. The Labute approximate surface area is 685 Å². The molecule has 0 saturated heterocycles. The third-order valence-corrected chi connectivity index (χ3v) is 1.92. The van der Waals surface area contributed by atoms with Crippen LogP contribution >= 0.6 is 51.3 Å². The molecule has 0 heterocycles. The first-order valence-electron chi connectivity index (χ1n) is 26.2. The van der Waals surface area contributed by atoms with E-state index in [9.17, 15) is 21.4 Å². The van der Waals surface area contributed by atoms with E-state index in [2.05, 4.69) is 146 Å². The molecule has 0 amide bonds. The molecule has 0 fully saturated rings. The van der Waals surface area contributed by atoms with Gasteiger partial charge in [-0.15, -0.1) is 14.6 Å². The monoisotopic (exact) mass is 1800 g/mol. The van der Waals surface area contributed by atoms with Crippen LogP contribution in [0, 0.1) is 0 Å². The van der Waals surface area contributed by atoms with Crippen molar-refractivity contribution in [3.63, 3.8) is 0 Å². The molecule has 32 heteroatoms. The second-order valence-electron chi connectivity index (χ2n) is 24.0. The summed E-state index contributed by atoms with van der Waals surface area (Å²) < 4.78 is 63.9. The number of thioether (sulfide) groups is 1. The molecule has 0 unspecified atom stereocenters. The van der Waals surface area contributed by atoms with Crippen LogP contribution in [0.15, 0.2) is 9.98 Å². The summed E-state index contributed by atoms with van der Waals surface area (Å²) in [7, 11) is 14.9. The molecule has 0 aromatic carbocycles. The number of nitrogens with zero attached hydrogens (tertiary/aromatic N) is 7. The van der Waals surface area contributed by atoms with E-state index in [-0.39, 0.29) is 146 Å². The number of sulfone groups is 1. The van der Waals surface area contributed by atoms with Gasteiger partial charge in [0.25, 0.3) is 0 Å². The molecule has 0 spiro atoms. The molecule has 2 N–H and O–H groups in total. The Morgan fingerprint density at radius 1 is 0.719 bits per heavy atom. The van der Waals surface area contributed by atoms with Gasteiger partial charge in [-0.1, -0.05) is 57.5 Å². The second-order valence-corrected chi connectivity index (χ2v) is 52.9. The summed E-state index contributed by atoms with van der Waals surface area (Å²) in [5, 5.41) is 16.6. The Balaban J connectivity index is -0.0000000228. The first-order valence-corrected chi connectivity index (χ1v) is 52.3. The largest absolute Gasteiger partial charge is 0.784 e. The van der Waals surface area contributed by atoms with Gasteiger partial charge >= 0.3 is 0 Å². The van der Waals surface area contributed by atoms with Crippen molar-refractivity contribution >= 4 is 157 Å². The topological polar surface area (TPSA) is 195 Å². The van der Waals surface area contributed by atoms with E-state index in [1.807, 2.05) is 106 Å². The molecule has 15 nitrogen and oxygen atoms in total. The Morgan fingerprint density at radius 2 is 0.753 bits per heavy atom. The summed E-state index contributed by atoms with van der Waals surface area (Å²) in [5.41, 5.74) is 3.16. The molecule has 0 aromatic rings. The Kier molecular flexibility index (Phi) is 236. The van der Waals surface area contributed by atoms with Crippen LogP contribution in [-0.2, 0) is 192 Å². The van der Waals surface area contributed by atoms with Crippen LogP contribution in [-0.4, -0.2) is 341 Å². The van der Waals surface area contributed by atoms with Crippen LogP contribution in [0.4, 0.5) is 0 Å². The second kappa shape index (κ2) is 126. The van der Waals surface area contributed by atoms with Gasteiger partial charge in [0.15, 0.2) is 26.0 Å². The minimum Gasteiger partial charge on any atom is -0.784 e. The van der Waals surface area contributed by atoms with Crippen LogP contribution in [0.25, 0.3) is 4.78 Å². The Bertz CT molecular complexity index is 1590. The van der Waals surface area contributed by atoms with E-state index in [1.54, 1.807) is 125 Å². The molecule has 5 radical (unpaired) electrons. The molecule has 0 aliphatic carbocycles. The SMILES string of the molecule is C.C/C=[N+](/C)O.C=S(C)(C)=O.C=S(C)(C)=[N-].C=S(C)C.CB(C)C.CC(C)=[N+](C)O.CN(C)C.CN(C)C.CN=C(C)C.CN=C(C)C.COC.CP(C)(C)=O.CP(C)(C)=S.CP(C)C.CS(C)(=O)=O.CS(C)=O.CSC.C[B-](C)C.C[PH+](C)C.[Y].[Y].[Y].[Y]. The maximum Gasteiger partial charge on any atom is 0.197 e. The zero-order chi connectivity index (χ0) is 74.5. The molecule has 551 valence electrons. The first kappa shape index (κ1) is 166. The fourth-order valence-electron chi connectivity index (χ4n) is 0. The van der Waals surface area contributed by atoms with E-state index in [0.29, 0.717) is 18.4 Å². The molecule has 0 rings (SSSR count). The van der Waals surface area contributed by atoms with E-state index < -0.39 is 52.8 Å². The molecule has 0 bridgehead atoms. The Hall–Kier alpha value is 5.16. The van der Waals surface area contributed by atoms with Gasteiger partial charge in [-0.25, -0.2) is 28.9 Å². The summed E-state index contributed by atoms with van der Waals surface area (Å²) in [6, 6.07) is -0.806. The Morgan fingerprint density at radius 3 is 0.753 bits per heavy atom. The third-order valence-electron chi connectivity index (χ3n) is 1.92. The average Bonchev–Trinajstić information content (AvgIpc) is 3.11. The molecule has 89 heavy (non-hydrogen) atoms. The van der Waals surface area contributed by atoms with Crippen molar-refractivity contribution in [3.8, 4) is 0 Å². The van der Waals surface area contributed by atoms with Crippen LogP contribution in [0.3, 0.4) is 0 Å². The number of hydroxylamine groups is 2. The van der Waals surface area contributed by atoms with E-state index in [4.69, 9.17) is 27.0 Å². The van der Waals surface area contributed by atoms with Crippen molar-refractivity contribution in [1.82, 2.24) is 9.80 Å². The van der Waals surface area contributed by atoms with Crippen molar-refractivity contribution in [3.05, 3.63) is 4.78 Å². The number of aliphatic imine (C=N–C) groups is 2. The number of ether oxygens (including phenoxy) is 1. The molecular formula is C57H161B2N7O8P4S7Y4+. The van der Waals surface area contributed by atoms with E-state index >= 15 is 0 Å². The number of methoxy groups -OCH3 is 1. The quantitative estimate of drug-likeness (QED) is 0.0444. The minimum atomic E-state index is -2.67. The first-order chi connectivity index (χ1) is 36.1. The molecule has 0 aliphatic rings. The van der Waals surface area contributed by atoms with Gasteiger partial charge in [-0.05, 0) is 200 Å². The predicted molar refractivity (Wildman–Crippen MR) is 451 cm³/mol. The number of rotatable bonds is 0. The molecule has 0 aromatic heterocycles. The van der Waals surface area contributed by atoms with Crippen molar-refractivity contribution in [2.75, 3.05) is 240 Å². The smallest absolute Gasteiger partial charge is 0.197 e. The summed E-state index contributed by atoms with van der Waals surface area (Å²) in [5.74, 6) is 10.4. The van der Waals surface area contributed by atoms with Crippen LogP contribution in [0.2, 0.25) is 40.9 Å². The standard InChI is InChI=1S/C4H10NO.2C4H9N.2C3H9B.C3H8NO.C3H8NS.2C3H9N.C3H9OP.C3H8OS.C3H9PS.2C3H9P.C3H8S.C2H6O2S.C2H6OS.C2H6O.C2H6S.CH4.4Y/c1-4(2)5(3)6;2*1-4(2)5-3;2*1-4(2)3;1-3-4(2)5;1-5(2,3)4;2*1-4(2)3;2*1-5(2,3)4;1-4(2,3)5;3*1-4(2)3;1-5(2,3)4;1-4(2)3;2*1-3-2;;;;;/h6H,1-3H3;2*1-3H3;2*1-3H3;3,5H,1-2H3;1H2,2-3H3;2*1-3H3;1-3H3;1H2,2-3H3;1-3H3;2*1-3H3;1H2,2-3H3;1-2H3;1-2H3;2*1-2H3;1H4;;;;/q+1;;;;-1;+1;-1;;;;;;;;;;;;;;;;;/p+1/b;;;;;4-3-;;;;;;;;;;;;;;;;;;. The predicted octanol–water partition coefficient (Wildman–Crippen LogP) is 14.0. The third kappa shape index (κ3) is 3370. The molecular weight excluding hydrogens is 1640 g/mol. The van der Waals surface area contributed by atoms with Gasteiger partial charge in [0, 0.05) is 260 Å². The van der Waals surface area contributed by atoms with Gasteiger partial charge in [0.1, 0.15) is 16.6 Å². The van der Waals surface area contributed by atoms with Crippen molar-refractivity contribution in [2.45, 2.75) is 96.8 Å². The summed E-state index contributed by atoms with van der Waals surface area (Å²) in [6.07, 6.45) is 22.0. The maximum atomic E-state index is 10.2. The van der Waals surface area contributed by atoms with Gasteiger partial charge in [0.2, 0.25) is 0 Å².